The first-order valence-corrected chi connectivity index (χ1v) is 13.7. The van der Waals surface area contributed by atoms with E-state index in [0.717, 1.165) is 22.3 Å². The summed E-state index contributed by atoms with van der Waals surface area (Å²) in [5.41, 5.74) is 16.0. The molecule has 4 rings (SSSR count). The number of urea groups is 1. The van der Waals surface area contributed by atoms with E-state index in [-0.39, 0.29) is 30.9 Å². The minimum absolute atomic E-state index is 0.0791. The number of aryl methyl sites for hydroxylation is 1. The minimum atomic E-state index is -0.852. The number of carbonyl (C=O) groups excluding carboxylic acids is 3. The maximum absolute atomic E-state index is 13.5. The van der Waals surface area contributed by atoms with Gasteiger partial charge in [0.15, 0.2) is 0 Å². The lowest BCUT2D eigenvalue weighted by Gasteiger charge is -2.41. The molecule has 1 fully saturated rings. The molecule has 40 heavy (non-hydrogen) atoms. The van der Waals surface area contributed by atoms with E-state index in [0.29, 0.717) is 39.0 Å². The number of hydrogen-bond acceptors (Lipinski definition) is 5. The number of hydrogen-bond donors (Lipinski definition) is 4. The van der Waals surface area contributed by atoms with Crippen LogP contribution in [0.4, 0.5) is 4.79 Å². The van der Waals surface area contributed by atoms with Gasteiger partial charge < -0.3 is 31.9 Å². The van der Waals surface area contributed by atoms with Crippen molar-refractivity contribution in [3.63, 3.8) is 0 Å². The predicted molar refractivity (Wildman–Crippen MR) is 155 cm³/mol. The van der Waals surface area contributed by atoms with Crippen molar-refractivity contribution >= 4 is 17.8 Å². The summed E-state index contributed by atoms with van der Waals surface area (Å²) in [6, 6.07) is 25.2. The fraction of sp³-hybridized carbons (Fsp3) is 0.323. The van der Waals surface area contributed by atoms with E-state index in [4.69, 9.17) is 11.5 Å². The summed E-state index contributed by atoms with van der Waals surface area (Å²) in [7, 11) is 0. The molecule has 0 aliphatic carbocycles. The number of rotatable bonds is 10. The Bertz CT molecular complexity index is 1250. The number of nitrogens with two attached hydrogens (primary N) is 2. The fourth-order valence-corrected chi connectivity index (χ4v) is 4.74. The van der Waals surface area contributed by atoms with Gasteiger partial charge in [0.1, 0.15) is 6.04 Å². The summed E-state index contributed by atoms with van der Waals surface area (Å²) >= 11 is 0. The summed E-state index contributed by atoms with van der Waals surface area (Å²) in [5.74, 6) is -0.611. The molecule has 2 atom stereocenters. The SMILES string of the molecule is NCc1ccc(CNC(=O)C2CN(C(=O)NCc3ccccc3)CCN2C(=O)C(N)CCc2ccccc2)cc1. The van der Waals surface area contributed by atoms with Crippen LogP contribution in [-0.2, 0) is 35.6 Å². The quantitative estimate of drug-likeness (QED) is 0.312. The Labute approximate surface area is 235 Å². The zero-order valence-electron chi connectivity index (χ0n) is 22.7. The summed E-state index contributed by atoms with van der Waals surface area (Å²) in [4.78, 5) is 43.0. The Morgan fingerprint density at radius 2 is 1.35 bits per heavy atom. The smallest absolute Gasteiger partial charge is 0.317 e. The van der Waals surface area contributed by atoms with Crippen LogP contribution >= 0.6 is 0 Å². The molecule has 0 aromatic heterocycles. The summed E-state index contributed by atoms with van der Waals surface area (Å²) in [6.45, 7) is 1.72. The van der Waals surface area contributed by atoms with Crippen LogP contribution in [0.15, 0.2) is 84.9 Å². The van der Waals surface area contributed by atoms with Crippen molar-refractivity contribution in [2.45, 2.75) is 44.6 Å². The van der Waals surface area contributed by atoms with Gasteiger partial charge in [0, 0.05) is 32.7 Å². The van der Waals surface area contributed by atoms with Gasteiger partial charge in [-0.1, -0.05) is 84.9 Å². The Hall–Kier alpha value is -4.21. The molecule has 4 amide bonds. The van der Waals surface area contributed by atoms with E-state index in [1.165, 1.54) is 4.90 Å². The van der Waals surface area contributed by atoms with Crippen LogP contribution in [-0.4, -0.2) is 59.4 Å². The van der Waals surface area contributed by atoms with Gasteiger partial charge in [-0.15, -0.1) is 0 Å². The second kappa shape index (κ2) is 14.3. The number of nitrogens with one attached hydrogen (secondary N) is 2. The third-order valence-electron chi connectivity index (χ3n) is 7.17. The molecule has 6 N–H and O–H groups in total. The highest BCUT2D eigenvalue weighted by molar-refractivity contribution is 5.91. The van der Waals surface area contributed by atoms with Crippen LogP contribution in [0.5, 0.6) is 0 Å². The molecule has 0 saturated carbocycles. The van der Waals surface area contributed by atoms with Crippen molar-refractivity contribution in [3.8, 4) is 0 Å². The van der Waals surface area contributed by atoms with Gasteiger partial charge in [0.25, 0.3) is 0 Å². The van der Waals surface area contributed by atoms with E-state index in [9.17, 15) is 14.4 Å². The molecule has 0 radical (unpaired) electrons. The molecule has 1 aliphatic heterocycles. The zero-order chi connectivity index (χ0) is 28.3. The Kier molecular flexibility index (Phi) is 10.3. The van der Waals surface area contributed by atoms with Gasteiger partial charge in [-0.3, -0.25) is 9.59 Å². The Balaban J connectivity index is 1.42. The zero-order valence-corrected chi connectivity index (χ0v) is 22.7. The lowest BCUT2D eigenvalue weighted by molar-refractivity contribution is -0.144. The molecular formula is C31H38N6O3. The van der Waals surface area contributed by atoms with E-state index in [1.807, 2.05) is 84.9 Å². The highest BCUT2D eigenvalue weighted by Crippen LogP contribution is 2.15. The molecule has 2 unspecified atom stereocenters. The van der Waals surface area contributed by atoms with Crippen LogP contribution < -0.4 is 22.1 Å². The second-order valence-corrected chi connectivity index (χ2v) is 10.0. The van der Waals surface area contributed by atoms with Gasteiger partial charge in [0.2, 0.25) is 11.8 Å². The standard InChI is InChI=1S/C31H38N6O3/c32-19-24-11-13-26(14-12-24)20-34-29(38)28-22-36(31(40)35-21-25-9-5-2-6-10-25)17-18-37(28)30(39)27(33)16-15-23-7-3-1-4-8-23/h1-14,27-28H,15-22,32-33H2,(H,34,38)(H,35,40). The molecule has 0 bridgehead atoms. The van der Waals surface area contributed by atoms with E-state index < -0.39 is 12.1 Å². The average molecular weight is 543 g/mol. The minimum Gasteiger partial charge on any atom is -0.350 e. The van der Waals surface area contributed by atoms with Crippen LogP contribution in [0.1, 0.15) is 28.7 Å². The van der Waals surface area contributed by atoms with Crippen LogP contribution in [0.3, 0.4) is 0 Å². The molecule has 3 aromatic carbocycles. The molecular weight excluding hydrogens is 504 g/mol. The fourth-order valence-electron chi connectivity index (χ4n) is 4.74. The summed E-state index contributed by atoms with van der Waals surface area (Å²) < 4.78 is 0. The molecule has 1 aliphatic rings. The maximum atomic E-state index is 13.5. The molecule has 1 heterocycles. The predicted octanol–water partition coefficient (Wildman–Crippen LogP) is 2.14. The average Bonchev–Trinajstić information content (AvgIpc) is 3.01. The monoisotopic (exact) mass is 542 g/mol. The molecule has 1 saturated heterocycles. The highest BCUT2D eigenvalue weighted by atomic mass is 16.2. The Morgan fingerprint density at radius 3 is 2.00 bits per heavy atom. The van der Waals surface area contributed by atoms with Gasteiger partial charge in [-0.2, -0.15) is 0 Å². The van der Waals surface area contributed by atoms with Crippen LogP contribution in [0, 0.1) is 0 Å². The van der Waals surface area contributed by atoms with Crippen molar-refractivity contribution in [1.29, 1.82) is 0 Å². The Morgan fingerprint density at radius 1 is 0.775 bits per heavy atom. The van der Waals surface area contributed by atoms with Crippen LogP contribution in [0.2, 0.25) is 0 Å². The van der Waals surface area contributed by atoms with Crippen molar-refractivity contribution < 1.29 is 14.4 Å². The molecule has 210 valence electrons. The highest BCUT2D eigenvalue weighted by Gasteiger charge is 2.38. The molecule has 0 spiro atoms. The number of benzene rings is 3. The topological polar surface area (TPSA) is 134 Å². The van der Waals surface area contributed by atoms with Crippen molar-refractivity contribution in [1.82, 2.24) is 20.4 Å². The summed E-state index contributed by atoms with van der Waals surface area (Å²) in [5, 5.41) is 5.86. The first-order valence-electron chi connectivity index (χ1n) is 13.7. The maximum Gasteiger partial charge on any atom is 0.317 e. The van der Waals surface area contributed by atoms with E-state index in [1.54, 1.807) is 4.90 Å². The van der Waals surface area contributed by atoms with Gasteiger partial charge in [-0.25, -0.2) is 4.79 Å². The molecule has 9 heteroatoms. The number of piperazine rings is 1. The van der Waals surface area contributed by atoms with Gasteiger partial charge in [0.05, 0.1) is 12.6 Å². The first kappa shape index (κ1) is 28.8. The second-order valence-electron chi connectivity index (χ2n) is 10.0. The molecule has 3 aromatic rings. The third-order valence-corrected chi connectivity index (χ3v) is 7.17. The lowest BCUT2D eigenvalue weighted by atomic mass is 10.0. The van der Waals surface area contributed by atoms with Crippen molar-refractivity contribution in [3.05, 3.63) is 107 Å². The third kappa shape index (κ3) is 7.91. The van der Waals surface area contributed by atoms with E-state index >= 15 is 0 Å². The van der Waals surface area contributed by atoms with Gasteiger partial charge in [-0.05, 0) is 35.1 Å². The number of carbonyl (C=O) groups is 3. The number of amides is 4. The number of nitrogens with zero attached hydrogens (tertiary/aromatic N) is 2. The van der Waals surface area contributed by atoms with Crippen molar-refractivity contribution in [2.75, 3.05) is 19.6 Å². The van der Waals surface area contributed by atoms with Gasteiger partial charge >= 0.3 is 6.03 Å². The largest absolute Gasteiger partial charge is 0.350 e. The summed E-state index contributed by atoms with van der Waals surface area (Å²) in [6.07, 6.45) is 1.12. The first-order chi connectivity index (χ1) is 19.4. The van der Waals surface area contributed by atoms with Crippen molar-refractivity contribution in [2.24, 2.45) is 11.5 Å². The van der Waals surface area contributed by atoms with Crippen LogP contribution in [0.25, 0.3) is 0 Å². The van der Waals surface area contributed by atoms with E-state index in [2.05, 4.69) is 10.6 Å². The normalized spacial score (nSPS) is 15.8. The molecule has 9 nitrogen and oxygen atoms in total. The lowest BCUT2D eigenvalue weighted by Crippen LogP contribution is -2.64.